The van der Waals surface area contributed by atoms with E-state index in [1.54, 1.807) is 24.3 Å². The third kappa shape index (κ3) is 3.97. The number of hydrogen-bond donors (Lipinski definition) is 0. The summed E-state index contributed by atoms with van der Waals surface area (Å²) in [5, 5.41) is 3.34. The van der Waals surface area contributed by atoms with E-state index < -0.39 is 12.1 Å². The quantitative estimate of drug-likeness (QED) is 0.804. The fourth-order valence-electron chi connectivity index (χ4n) is 2.35. The summed E-state index contributed by atoms with van der Waals surface area (Å²) in [6, 6.07) is 6.92. The molecular formula is C16H15F3N2O2. The summed E-state index contributed by atoms with van der Waals surface area (Å²) >= 11 is 0. The van der Waals surface area contributed by atoms with Crippen LogP contribution in [0.4, 0.5) is 13.2 Å². The molecule has 4 nitrogen and oxygen atoms in total. The Bertz CT molecular complexity index is 688. The van der Waals surface area contributed by atoms with Crippen LogP contribution in [0.1, 0.15) is 37.1 Å². The van der Waals surface area contributed by atoms with E-state index >= 15 is 0 Å². The third-order valence-corrected chi connectivity index (χ3v) is 3.80. The second-order valence-electron chi connectivity index (χ2n) is 5.71. The van der Waals surface area contributed by atoms with Gasteiger partial charge in [-0.1, -0.05) is 29.4 Å². The van der Waals surface area contributed by atoms with Crippen LogP contribution in [0.25, 0.3) is 11.4 Å². The molecule has 0 unspecified atom stereocenters. The van der Waals surface area contributed by atoms with Gasteiger partial charge < -0.3 is 4.52 Å². The van der Waals surface area contributed by atoms with Gasteiger partial charge in [0, 0.05) is 17.9 Å². The Morgan fingerprint density at radius 2 is 1.91 bits per heavy atom. The van der Waals surface area contributed by atoms with Crippen molar-refractivity contribution in [2.75, 3.05) is 0 Å². The van der Waals surface area contributed by atoms with Gasteiger partial charge in [0.2, 0.25) is 5.82 Å². The zero-order chi connectivity index (χ0) is 16.4. The molecule has 0 amide bonds. The number of aromatic nitrogens is 2. The van der Waals surface area contributed by atoms with Crippen molar-refractivity contribution in [1.82, 2.24) is 10.1 Å². The Morgan fingerprint density at radius 3 is 2.48 bits per heavy atom. The highest BCUT2D eigenvalue weighted by Crippen LogP contribution is 2.31. The first kappa shape index (κ1) is 15.7. The first-order chi connectivity index (χ1) is 10.9. The molecular weight excluding hydrogens is 309 g/mol. The van der Waals surface area contributed by atoms with E-state index in [2.05, 4.69) is 14.7 Å². The summed E-state index contributed by atoms with van der Waals surface area (Å²) in [7, 11) is 0. The first-order valence-corrected chi connectivity index (χ1v) is 7.46. The van der Waals surface area contributed by atoms with Crippen molar-refractivity contribution in [3.8, 4) is 11.4 Å². The van der Waals surface area contributed by atoms with E-state index in [0.29, 0.717) is 23.7 Å². The van der Waals surface area contributed by atoms with Crippen molar-refractivity contribution in [1.29, 1.82) is 0 Å². The number of rotatable bonds is 6. The van der Waals surface area contributed by atoms with Gasteiger partial charge in [-0.15, -0.1) is 0 Å². The van der Waals surface area contributed by atoms with Gasteiger partial charge in [-0.3, -0.25) is 4.79 Å². The number of Topliss-reactive ketones (excluding diaryl/α,β-unsaturated/α-hetero) is 1. The molecule has 1 fully saturated rings. The average molecular weight is 324 g/mol. The van der Waals surface area contributed by atoms with Gasteiger partial charge in [-0.2, -0.15) is 18.2 Å². The van der Waals surface area contributed by atoms with Crippen molar-refractivity contribution in [2.24, 2.45) is 5.92 Å². The maximum atomic E-state index is 12.4. The van der Waals surface area contributed by atoms with Crippen LogP contribution >= 0.6 is 0 Å². The number of benzene rings is 1. The summed E-state index contributed by atoms with van der Waals surface area (Å²) in [4.78, 5) is 14.9. The lowest BCUT2D eigenvalue weighted by Crippen LogP contribution is -2.04. The fraction of sp³-hybridized carbons (Fsp3) is 0.438. The second kappa shape index (κ2) is 6.14. The average Bonchev–Trinajstić information content (AvgIpc) is 3.23. The first-order valence-electron chi connectivity index (χ1n) is 7.46. The van der Waals surface area contributed by atoms with Crippen LogP contribution in [0.2, 0.25) is 0 Å². The van der Waals surface area contributed by atoms with Gasteiger partial charge in [0.05, 0.1) is 0 Å². The van der Waals surface area contributed by atoms with E-state index in [9.17, 15) is 18.0 Å². The number of carbonyl (C=O) groups excluding carboxylic acids is 1. The molecule has 23 heavy (non-hydrogen) atoms. The van der Waals surface area contributed by atoms with Crippen LogP contribution in [-0.4, -0.2) is 15.9 Å². The summed E-state index contributed by atoms with van der Waals surface area (Å²) in [6.07, 6.45) is -0.449. The van der Waals surface area contributed by atoms with E-state index in [-0.39, 0.29) is 5.82 Å². The summed E-state index contributed by atoms with van der Waals surface area (Å²) in [5.74, 6) is -0.811. The minimum absolute atomic E-state index is 0.0900. The Balaban J connectivity index is 1.58. The van der Waals surface area contributed by atoms with E-state index in [1.807, 2.05) is 0 Å². The van der Waals surface area contributed by atoms with E-state index in [4.69, 9.17) is 0 Å². The number of halogens is 3. The molecule has 1 aliphatic carbocycles. The molecule has 1 aromatic carbocycles. The molecule has 1 saturated carbocycles. The molecule has 0 bridgehead atoms. The van der Waals surface area contributed by atoms with Crippen LogP contribution in [0.15, 0.2) is 28.8 Å². The normalized spacial score (nSPS) is 14.9. The standard InChI is InChI=1S/C16H15F3N2O2/c17-16(18,19)15-20-14(21-23-15)12-6-4-10(5-7-12)2-1-3-13(22)11-8-9-11/h4-7,11H,1-3,8-9H2. The van der Waals surface area contributed by atoms with Crippen LogP contribution < -0.4 is 0 Å². The van der Waals surface area contributed by atoms with Crippen molar-refractivity contribution < 1.29 is 22.5 Å². The minimum Gasteiger partial charge on any atom is -0.329 e. The van der Waals surface area contributed by atoms with Crippen molar-refractivity contribution >= 4 is 5.78 Å². The van der Waals surface area contributed by atoms with Gasteiger partial charge in [-0.05, 0) is 31.2 Å². The van der Waals surface area contributed by atoms with Crippen molar-refractivity contribution in [2.45, 2.75) is 38.3 Å². The zero-order valence-electron chi connectivity index (χ0n) is 12.3. The highest BCUT2D eigenvalue weighted by molar-refractivity contribution is 5.83. The van der Waals surface area contributed by atoms with E-state index in [1.165, 1.54) is 0 Å². The number of carbonyl (C=O) groups is 1. The SMILES string of the molecule is O=C(CCCc1ccc(-c2noc(C(F)(F)F)n2)cc1)C1CC1. The minimum atomic E-state index is -4.64. The number of alkyl halides is 3. The predicted octanol–water partition coefficient (Wildman–Crippen LogP) is 4.06. The topological polar surface area (TPSA) is 56.0 Å². The molecule has 0 aliphatic heterocycles. The second-order valence-corrected chi connectivity index (χ2v) is 5.71. The van der Waals surface area contributed by atoms with Gasteiger partial charge in [0.15, 0.2) is 0 Å². The molecule has 1 aromatic heterocycles. The largest absolute Gasteiger partial charge is 0.471 e. The van der Waals surface area contributed by atoms with Crippen molar-refractivity contribution in [3.05, 3.63) is 35.7 Å². The molecule has 7 heteroatoms. The van der Waals surface area contributed by atoms with Crippen LogP contribution in [0, 0.1) is 5.92 Å². The van der Waals surface area contributed by atoms with Crippen LogP contribution in [-0.2, 0) is 17.4 Å². The molecule has 122 valence electrons. The monoisotopic (exact) mass is 324 g/mol. The zero-order valence-corrected chi connectivity index (χ0v) is 12.3. The molecule has 0 atom stereocenters. The fourth-order valence-corrected chi connectivity index (χ4v) is 2.35. The van der Waals surface area contributed by atoms with Crippen LogP contribution in [0.5, 0.6) is 0 Å². The molecule has 0 spiro atoms. The molecule has 1 heterocycles. The third-order valence-electron chi connectivity index (χ3n) is 3.80. The van der Waals surface area contributed by atoms with Gasteiger partial charge >= 0.3 is 12.1 Å². The van der Waals surface area contributed by atoms with E-state index in [0.717, 1.165) is 31.2 Å². The highest BCUT2D eigenvalue weighted by Gasteiger charge is 2.38. The molecule has 2 aromatic rings. The number of nitrogens with zero attached hydrogens (tertiary/aromatic N) is 2. The maximum Gasteiger partial charge on any atom is 0.471 e. The molecule has 0 radical (unpaired) electrons. The molecule has 0 saturated heterocycles. The Morgan fingerprint density at radius 1 is 1.22 bits per heavy atom. The van der Waals surface area contributed by atoms with Gasteiger partial charge in [0.1, 0.15) is 5.78 Å². The highest BCUT2D eigenvalue weighted by atomic mass is 19.4. The number of ketones is 1. The molecule has 1 aliphatic rings. The lowest BCUT2D eigenvalue weighted by molar-refractivity contribution is -0.159. The van der Waals surface area contributed by atoms with Gasteiger partial charge in [0.25, 0.3) is 0 Å². The van der Waals surface area contributed by atoms with Gasteiger partial charge in [-0.25, -0.2) is 0 Å². The maximum absolute atomic E-state index is 12.4. The summed E-state index contributed by atoms with van der Waals surface area (Å²) in [5.41, 5.74) is 1.49. The lowest BCUT2D eigenvalue weighted by Gasteiger charge is -2.02. The predicted molar refractivity (Wildman–Crippen MR) is 75.4 cm³/mol. The molecule has 3 rings (SSSR count). The summed E-state index contributed by atoms with van der Waals surface area (Å²) in [6.45, 7) is 0. The lowest BCUT2D eigenvalue weighted by atomic mass is 10.0. The van der Waals surface area contributed by atoms with Crippen molar-refractivity contribution in [3.63, 3.8) is 0 Å². The number of aryl methyl sites for hydroxylation is 1. The Kier molecular flexibility index (Phi) is 4.19. The molecule has 0 N–H and O–H groups in total. The Hall–Kier alpha value is -2.18. The van der Waals surface area contributed by atoms with Crippen LogP contribution in [0.3, 0.4) is 0 Å². The smallest absolute Gasteiger partial charge is 0.329 e. The summed E-state index contributed by atoms with van der Waals surface area (Å²) < 4.78 is 41.5. The number of hydrogen-bond acceptors (Lipinski definition) is 4. The Labute approximate surface area is 130 Å².